The average Bonchev–Trinajstić information content (AvgIpc) is 2.55. The molecule has 0 aromatic heterocycles. The first-order valence-electron chi connectivity index (χ1n) is 9.57. The Morgan fingerprint density at radius 2 is 1.92 bits per heavy atom. The molecule has 4 heteroatoms. The Labute approximate surface area is 153 Å². The van der Waals surface area contributed by atoms with E-state index in [0.29, 0.717) is 12.6 Å². The third-order valence-electron chi connectivity index (χ3n) is 5.31. The number of carbonyl (C=O) groups is 1. The summed E-state index contributed by atoms with van der Waals surface area (Å²) < 4.78 is 6.27. The first-order chi connectivity index (χ1) is 11.8. The van der Waals surface area contributed by atoms with Gasteiger partial charge in [0.15, 0.2) is 6.23 Å². The lowest BCUT2D eigenvalue weighted by molar-refractivity contribution is -0.139. The third-order valence-corrected chi connectivity index (χ3v) is 5.31. The van der Waals surface area contributed by atoms with E-state index in [-0.39, 0.29) is 12.1 Å². The number of aryl methyl sites for hydroxylation is 3. The number of rotatable bonds is 6. The van der Waals surface area contributed by atoms with Gasteiger partial charge in [-0.25, -0.2) is 0 Å². The molecule has 0 radical (unpaired) electrons. The summed E-state index contributed by atoms with van der Waals surface area (Å²) in [7, 11) is 1.87. The van der Waals surface area contributed by atoms with Crippen molar-refractivity contribution in [2.45, 2.75) is 72.6 Å². The summed E-state index contributed by atoms with van der Waals surface area (Å²) >= 11 is 0. The highest BCUT2D eigenvalue weighted by molar-refractivity contribution is 5.78. The van der Waals surface area contributed by atoms with Crippen molar-refractivity contribution >= 4 is 5.91 Å². The molecule has 4 nitrogen and oxygen atoms in total. The van der Waals surface area contributed by atoms with Crippen LogP contribution in [-0.4, -0.2) is 48.1 Å². The number of likely N-dealkylation sites (tertiary alicyclic amines) is 1. The molecule has 25 heavy (non-hydrogen) atoms. The van der Waals surface area contributed by atoms with Crippen LogP contribution in [0.3, 0.4) is 0 Å². The minimum atomic E-state index is -0.229. The molecule has 2 rings (SSSR count). The van der Waals surface area contributed by atoms with E-state index in [9.17, 15) is 4.79 Å². The van der Waals surface area contributed by atoms with Crippen molar-refractivity contribution in [3.63, 3.8) is 0 Å². The summed E-state index contributed by atoms with van der Waals surface area (Å²) in [6.45, 7) is 12.0. The molecule has 0 aliphatic carbocycles. The minimum absolute atomic E-state index is 0.142. The summed E-state index contributed by atoms with van der Waals surface area (Å²) in [6, 6.07) is 4.76. The van der Waals surface area contributed by atoms with Gasteiger partial charge in [0.1, 0.15) is 5.75 Å². The fourth-order valence-electron chi connectivity index (χ4n) is 3.76. The van der Waals surface area contributed by atoms with Crippen LogP contribution in [0, 0.1) is 20.8 Å². The smallest absolute Gasteiger partial charge is 0.239 e. The summed E-state index contributed by atoms with van der Waals surface area (Å²) in [5.41, 5.74) is 3.49. The van der Waals surface area contributed by atoms with E-state index in [4.69, 9.17) is 4.74 Å². The quantitative estimate of drug-likeness (QED) is 0.728. The molecule has 1 heterocycles. The third kappa shape index (κ3) is 4.97. The van der Waals surface area contributed by atoms with Crippen molar-refractivity contribution in [1.29, 1.82) is 0 Å². The Bertz CT molecular complexity index is 577. The number of ether oxygens (including phenoxy) is 1. The van der Waals surface area contributed by atoms with Crippen molar-refractivity contribution in [1.82, 2.24) is 9.80 Å². The lowest BCUT2D eigenvalue weighted by atomic mass is 10.0. The van der Waals surface area contributed by atoms with Crippen LogP contribution >= 0.6 is 0 Å². The van der Waals surface area contributed by atoms with Gasteiger partial charge < -0.3 is 9.64 Å². The normalized spacial score (nSPS) is 19.5. The molecule has 0 spiro atoms. The lowest BCUT2D eigenvalue weighted by Crippen LogP contribution is -2.48. The van der Waals surface area contributed by atoms with Crippen molar-refractivity contribution in [2.75, 3.05) is 20.1 Å². The van der Waals surface area contributed by atoms with Crippen LogP contribution in [-0.2, 0) is 4.79 Å². The van der Waals surface area contributed by atoms with E-state index < -0.39 is 0 Å². The molecule has 140 valence electrons. The van der Waals surface area contributed by atoms with Crippen LogP contribution in [0.15, 0.2) is 12.1 Å². The molecule has 1 amide bonds. The second-order valence-electron chi connectivity index (χ2n) is 7.53. The number of piperidine rings is 1. The molecule has 2 unspecified atom stereocenters. The Balaban J connectivity index is 2.05. The van der Waals surface area contributed by atoms with E-state index in [2.05, 4.69) is 51.7 Å². The number of hydrogen-bond acceptors (Lipinski definition) is 3. The summed E-state index contributed by atoms with van der Waals surface area (Å²) in [6.07, 6.45) is 4.19. The monoisotopic (exact) mass is 346 g/mol. The highest BCUT2D eigenvalue weighted by Crippen LogP contribution is 2.27. The van der Waals surface area contributed by atoms with Crippen molar-refractivity contribution in [3.05, 3.63) is 28.8 Å². The maximum atomic E-state index is 12.8. The van der Waals surface area contributed by atoms with Gasteiger partial charge in [0.2, 0.25) is 5.91 Å². The molecule has 1 aliphatic heterocycles. The van der Waals surface area contributed by atoms with Crippen LogP contribution in [0.25, 0.3) is 0 Å². The molecule has 0 saturated carbocycles. The largest absolute Gasteiger partial charge is 0.470 e. The molecule has 1 aromatic rings. The first-order valence-corrected chi connectivity index (χ1v) is 9.57. The maximum Gasteiger partial charge on any atom is 0.239 e. The summed E-state index contributed by atoms with van der Waals surface area (Å²) in [5, 5.41) is 0. The van der Waals surface area contributed by atoms with E-state index in [1.165, 1.54) is 24.8 Å². The topological polar surface area (TPSA) is 32.8 Å². The maximum absolute atomic E-state index is 12.8. The van der Waals surface area contributed by atoms with Gasteiger partial charge in [-0.1, -0.05) is 31.0 Å². The molecule has 0 N–H and O–H groups in total. The fourth-order valence-corrected chi connectivity index (χ4v) is 3.76. The van der Waals surface area contributed by atoms with Gasteiger partial charge in [-0.15, -0.1) is 0 Å². The SMILES string of the molecule is CCC(Oc1c(C)cc(C)cc1C)N(C)C(=O)CN1CCCCC1C. The van der Waals surface area contributed by atoms with Crippen LogP contribution in [0.1, 0.15) is 56.2 Å². The number of amides is 1. The predicted octanol–water partition coefficient (Wildman–Crippen LogP) is 4.06. The molecule has 0 bridgehead atoms. The molecule has 2 atom stereocenters. The van der Waals surface area contributed by atoms with Gasteiger partial charge >= 0.3 is 0 Å². The average molecular weight is 347 g/mol. The van der Waals surface area contributed by atoms with Gasteiger partial charge in [0.25, 0.3) is 0 Å². The summed E-state index contributed by atoms with van der Waals surface area (Å²) in [4.78, 5) is 16.9. The lowest BCUT2D eigenvalue weighted by Gasteiger charge is -2.35. The Hall–Kier alpha value is -1.55. The predicted molar refractivity (Wildman–Crippen MR) is 103 cm³/mol. The highest BCUT2D eigenvalue weighted by Gasteiger charge is 2.26. The van der Waals surface area contributed by atoms with E-state index in [0.717, 1.165) is 29.8 Å². The van der Waals surface area contributed by atoms with Gasteiger partial charge in [0, 0.05) is 19.5 Å². The summed E-state index contributed by atoms with van der Waals surface area (Å²) in [5.74, 6) is 1.05. The Kier molecular flexibility index (Phi) is 6.88. The first kappa shape index (κ1) is 19.8. The zero-order valence-electron chi connectivity index (χ0n) is 16.8. The molecular formula is C21H34N2O2. The van der Waals surface area contributed by atoms with E-state index in [1.54, 1.807) is 4.90 Å². The Morgan fingerprint density at radius 3 is 2.48 bits per heavy atom. The van der Waals surface area contributed by atoms with Gasteiger partial charge in [-0.05, 0) is 58.2 Å². The van der Waals surface area contributed by atoms with Gasteiger partial charge in [0.05, 0.1) is 6.54 Å². The number of nitrogens with zero attached hydrogens (tertiary/aromatic N) is 2. The minimum Gasteiger partial charge on any atom is -0.470 e. The molecule has 1 saturated heterocycles. The van der Waals surface area contributed by atoms with Crippen LogP contribution in [0.5, 0.6) is 5.75 Å². The van der Waals surface area contributed by atoms with E-state index in [1.807, 2.05) is 7.05 Å². The number of carbonyl (C=O) groups excluding carboxylic acids is 1. The number of likely N-dealkylation sites (N-methyl/N-ethyl adjacent to an activating group) is 1. The van der Waals surface area contributed by atoms with Crippen LogP contribution < -0.4 is 4.74 Å². The number of hydrogen-bond donors (Lipinski definition) is 0. The number of benzene rings is 1. The highest BCUT2D eigenvalue weighted by atomic mass is 16.5. The molecule has 1 fully saturated rings. The standard InChI is InChI=1S/C21H34N2O2/c1-7-20(25-21-16(3)12-15(2)13-17(21)4)22(6)19(24)14-23-11-9-8-10-18(23)5/h12-13,18,20H,7-11,14H2,1-6H3. The van der Waals surface area contributed by atoms with Crippen LogP contribution in [0.4, 0.5) is 0 Å². The van der Waals surface area contributed by atoms with Crippen molar-refractivity contribution in [3.8, 4) is 5.75 Å². The van der Waals surface area contributed by atoms with Gasteiger partial charge in [-0.3, -0.25) is 9.69 Å². The van der Waals surface area contributed by atoms with Crippen LogP contribution in [0.2, 0.25) is 0 Å². The van der Waals surface area contributed by atoms with Crippen molar-refractivity contribution in [2.24, 2.45) is 0 Å². The molecule has 1 aromatic carbocycles. The Morgan fingerprint density at radius 1 is 1.28 bits per heavy atom. The van der Waals surface area contributed by atoms with Crippen molar-refractivity contribution < 1.29 is 9.53 Å². The second-order valence-corrected chi connectivity index (χ2v) is 7.53. The second kappa shape index (κ2) is 8.70. The fraction of sp³-hybridized carbons (Fsp3) is 0.667. The zero-order chi connectivity index (χ0) is 18.6. The zero-order valence-corrected chi connectivity index (χ0v) is 16.8. The van der Waals surface area contributed by atoms with Gasteiger partial charge in [-0.2, -0.15) is 0 Å². The van der Waals surface area contributed by atoms with E-state index >= 15 is 0 Å². The molecule has 1 aliphatic rings. The molecular weight excluding hydrogens is 312 g/mol.